The van der Waals surface area contributed by atoms with Crippen LogP contribution >= 0.6 is 0 Å². The number of amides is 1. The summed E-state index contributed by atoms with van der Waals surface area (Å²) in [6, 6.07) is 14.2. The Morgan fingerprint density at radius 3 is 2.58 bits per heavy atom. The number of carbonyl (C=O) groups excluding carboxylic acids is 1. The molecular formula is C20H23NO5. The number of carboxylic acids is 1. The Balaban J connectivity index is 1.94. The zero-order chi connectivity index (χ0) is 18.9. The highest BCUT2D eigenvalue weighted by Gasteiger charge is 2.11. The third-order valence-electron chi connectivity index (χ3n) is 3.90. The number of rotatable bonds is 9. The minimum Gasteiger partial charge on any atom is -0.483 e. The lowest BCUT2D eigenvalue weighted by molar-refractivity contribution is -0.139. The molecule has 0 radical (unpaired) electrons. The minimum atomic E-state index is -1.06. The standard InChI is InChI=1S/C20H23NO5/c1-3-14(2)17-9-4-5-10-18(17)26-12-19(22)21-15-7-6-8-16(11-15)25-13-20(23)24/h4-11,14H,3,12-13H2,1-2H3,(H,21,22)(H,23,24). The van der Waals surface area contributed by atoms with Crippen LogP contribution in [-0.2, 0) is 9.59 Å². The van der Waals surface area contributed by atoms with Gasteiger partial charge in [-0.05, 0) is 36.1 Å². The maximum absolute atomic E-state index is 12.1. The number of hydrogen-bond donors (Lipinski definition) is 2. The Hall–Kier alpha value is -3.02. The predicted octanol–water partition coefficient (Wildman–Crippen LogP) is 3.68. The lowest BCUT2D eigenvalue weighted by Gasteiger charge is -2.15. The van der Waals surface area contributed by atoms with Gasteiger partial charge < -0.3 is 19.9 Å². The number of hydrogen-bond acceptors (Lipinski definition) is 4. The van der Waals surface area contributed by atoms with Crippen LogP contribution in [0.2, 0.25) is 0 Å². The van der Waals surface area contributed by atoms with Gasteiger partial charge in [0.1, 0.15) is 11.5 Å². The van der Waals surface area contributed by atoms with E-state index in [2.05, 4.69) is 19.2 Å². The van der Waals surface area contributed by atoms with Crippen molar-refractivity contribution in [3.63, 3.8) is 0 Å². The Morgan fingerprint density at radius 2 is 1.85 bits per heavy atom. The summed E-state index contributed by atoms with van der Waals surface area (Å²) in [5, 5.41) is 11.3. The van der Waals surface area contributed by atoms with E-state index in [0.717, 1.165) is 12.0 Å². The molecule has 0 saturated carbocycles. The molecule has 138 valence electrons. The van der Waals surface area contributed by atoms with Crippen molar-refractivity contribution in [1.82, 2.24) is 0 Å². The molecule has 0 heterocycles. The first-order valence-corrected chi connectivity index (χ1v) is 8.45. The van der Waals surface area contributed by atoms with Crippen LogP contribution in [0.25, 0.3) is 0 Å². The van der Waals surface area contributed by atoms with Gasteiger partial charge in [0.25, 0.3) is 5.91 Å². The second-order valence-electron chi connectivity index (χ2n) is 5.89. The van der Waals surface area contributed by atoms with Crippen molar-refractivity contribution in [2.45, 2.75) is 26.2 Å². The molecule has 1 unspecified atom stereocenters. The number of carboxylic acid groups (broad SMARTS) is 1. The summed E-state index contributed by atoms with van der Waals surface area (Å²) in [5.41, 5.74) is 1.59. The van der Waals surface area contributed by atoms with Crippen LogP contribution in [0.3, 0.4) is 0 Å². The minimum absolute atomic E-state index is 0.117. The van der Waals surface area contributed by atoms with Gasteiger partial charge >= 0.3 is 5.97 Å². The van der Waals surface area contributed by atoms with Crippen LogP contribution in [0.5, 0.6) is 11.5 Å². The zero-order valence-electron chi connectivity index (χ0n) is 14.9. The maximum Gasteiger partial charge on any atom is 0.341 e. The fourth-order valence-electron chi connectivity index (χ4n) is 2.39. The molecule has 1 amide bonds. The average molecular weight is 357 g/mol. The molecule has 0 spiro atoms. The monoisotopic (exact) mass is 357 g/mol. The fraction of sp³-hybridized carbons (Fsp3) is 0.300. The highest BCUT2D eigenvalue weighted by atomic mass is 16.5. The highest BCUT2D eigenvalue weighted by Crippen LogP contribution is 2.28. The fourth-order valence-corrected chi connectivity index (χ4v) is 2.39. The lowest BCUT2D eigenvalue weighted by Crippen LogP contribution is -2.20. The summed E-state index contributed by atoms with van der Waals surface area (Å²) in [7, 11) is 0. The van der Waals surface area contributed by atoms with Gasteiger partial charge in [-0.1, -0.05) is 38.1 Å². The molecule has 0 fully saturated rings. The largest absolute Gasteiger partial charge is 0.483 e. The first-order valence-electron chi connectivity index (χ1n) is 8.45. The number of anilines is 1. The van der Waals surface area contributed by atoms with E-state index in [1.165, 1.54) is 0 Å². The van der Waals surface area contributed by atoms with Crippen LogP contribution in [-0.4, -0.2) is 30.2 Å². The molecule has 0 aromatic heterocycles. The third kappa shape index (κ3) is 5.81. The zero-order valence-corrected chi connectivity index (χ0v) is 14.9. The molecule has 0 aliphatic carbocycles. The van der Waals surface area contributed by atoms with Crippen molar-refractivity contribution < 1.29 is 24.2 Å². The summed E-state index contributed by atoms with van der Waals surface area (Å²) in [5.74, 6) is 0.0493. The summed E-state index contributed by atoms with van der Waals surface area (Å²) in [6.07, 6.45) is 0.982. The molecule has 2 aromatic rings. The molecule has 0 bridgehead atoms. The highest BCUT2D eigenvalue weighted by molar-refractivity contribution is 5.92. The number of nitrogens with one attached hydrogen (secondary N) is 1. The van der Waals surface area contributed by atoms with E-state index in [1.807, 2.05) is 24.3 Å². The van der Waals surface area contributed by atoms with Gasteiger partial charge in [0.05, 0.1) is 0 Å². The Labute approximate surface area is 152 Å². The van der Waals surface area contributed by atoms with E-state index in [1.54, 1.807) is 24.3 Å². The topological polar surface area (TPSA) is 84.9 Å². The Kier molecular flexibility index (Phi) is 7.02. The van der Waals surface area contributed by atoms with Crippen molar-refractivity contribution in [2.75, 3.05) is 18.5 Å². The van der Waals surface area contributed by atoms with Crippen molar-refractivity contribution in [3.05, 3.63) is 54.1 Å². The van der Waals surface area contributed by atoms with Gasteiger partial charge in [0, 0.05) is 11.8 Å². The molecule has 2 aromatic carbocycles. The van der Waals surface area contributed by atoms with Crippen LogP contribution in [0.15, 0.2) is 48.5 Å². The van der Waals surface area contributed by atoms with E-state index in [0.29, 0.717) is 23.1 Å². The summed E-state index contributed by atoms with van der Waals surface area (Å²) >= 11 is 0. The molecule has 6 heteroatoms. The molecule has 2 rings (SSSR count). The summed E-state index contributed by atoms with van der Waals surface area (Å²) in [6.45, 7) is 3.67. The van der Waals surface area contributed by atoms with Crippen LogP contribution < -0.4 is 14.8 Å². The lowest BCUT2D eigenvalue weighted by atomic mass is 9.98. The summed E-state index contributed by atoms with van der Waals surface area (Å²) in [4.78, 5) is 22.7. The molecule has 1 atom stereocenters. The Bertz CT molecular complexity index is 759. The molecule has 26 heavy (non-hydrogen) atoms. The van der Waals surface area contributed by atoms with E-state index in [-0.39, 0.29) is 12.5 Å². The Morgan fingerprint density at radius 1 is 1.08 bits per heavy atom. The number of para-hydroxylation sites is 1. The molecule has 0 saturated heterocycles. The SMILES string of the molecule is CCC(C)c1ccccc1OCC(=O)Nc1cccc(OCC(=O)O)c1. The van der Waals surface area contributed by atoms with Gasteiger partial charge in [-0.2, -0.15) is 0 Å². The molecular weight excluding hydrogens is 334 g/mol. The number of ether oxygens (including phenoxy) is 2. The number of carbonyl (C=O) groups is 2. The smallest absolute Gasteiger partial charge is 0.341 e. The molecule has 0 aliphatic heterocycles. The average Bonchev–Trinajstić information content (AvgIpc) is 2.64. The molecule has 0 aliphatic rings. The van der Waals surface area contributed by atoms with Crippen LogP contribution in [0, 0.1) is 0 Å². The first kappa shape index (κ1) is 19.3. The van der Waals surface area contributed by atoms with Crippen molar-refractivity contribution in [3.8, 4) is 11.5 Å². The van der Waals surface area contributed by atoms with Crippen molar-refractivity contribution in [2.24, 2.45) is 0 Å². The van der Waals surface area contributed by atoms with Gasteiger partial charge in [-0.15, -0.1) is 0 Å². The van der Waals surface area contributed by atoms with Crippen LogP contribution in [0.1, 0.15) is 31.7 Å². The van der Waals surface area contributed by atoms with Gasteiger partial charge in [0.15, 0.2) is 13.2 Å². The van der Waals surface area contributed by atoms with Gasteiger partial charge in [-0.25, -0.2) is 4.79 Å². The second kappa shape index (κ2) is 9.46. The van der Waals surface area contributed by atoms with Crippen molar-refractivity contribution >= 4 is 17.6 Å². The van der Waals surface area contributed by atoms with E-state index in [9.17, 15) is 9.59 Å². The quantitative estimate of drug-likeness (QED) is 0.715. The first-order chi connectivity index (χ1) is 12.5. The number of benzene rings is 2. The summed E-state index contributed by atoms with van der Waals surface area (Å²) < 4.78 is 10.8. The van der Waals surface area contributed by atoms with E-state index in [4.69, 9.17) is 14.6 Å². The normalized spacial score (nSPS) is 11.5. The maximum atomic E-state index is 12.1. The van der Waals surface area contributed by atoms with Crippen LogP contribution in [0.4, 0.5) is 5.69 Å². The van der Waals surface area contributed by atoms with E-state index >= 15 is 0 Å². The predicted molar refractivity (Wildman–Crippen MR) is 98.8 cm³/mol. The van der Waals surface area contributed by atoms with E-state index < -0.39 is 12.6 Å². The third-order valence-corrected chi connectivity index (χ3v) is 3.90. The second-order valence-corrected chi connectivity index (χ2v) is 5.89. The van der Waals surface area contributed by atoms with Gasteiger partial charge in [0.2, 0.25) is 0 Å². The molecule has 2 N–H and O–H groups in total. The number of aliphatic carboxylic acids is 1. The molecule has 6 nitrogen and oxygen atoms in total. The van der Waals surface area contributed by atoms with Gasteiger partial charge in [-0.3, -0.25) is 4.79 Å². The van der Waals surface area contributed by atoms with Crippen molar-refractivity contribution in [1.29, 1.82) is 0 Å².